The van der Waals surface area contributed by atoms with Crippen LogP contribution in [0.25, 0.3) is 0 Å². The third-order valence-corrected chi connectivity index (χ3v) is 0.667. The fourth-order valence-electron chi connectivity index (χ4n) is 0.385. The molecule has 0 bridgehead atoms. The summed E-state index contributed by atoms with van der Waals surface area (Å²) in [6.45, 7) is 0. The monoisotopic (exact) mass is 228 g/mol. The van der Waals surface area contributed by atoms with Gasteiger partial charge in [0.15, 0.2) is 4.30 Å². The Morgan fingerprint density at radius 2 is 0.833 bits per heavy atom. The van der Waals surface area contributed by atoms with Crippen LogP contribution in [0.4, 0.5) is 0 Å². The van der Waals surface area contributed by atoms with Gasteiger partial charge in [0, 0.05) is 7.11 Å². The van der Waals surface area contributed by atoms with Gasteiger partial charge in [0.2, 0.25) is 0 Å². The molecule has 1 aromatic rings. The molecule has 0 aromatic heterocycles. The summed E-state index contributed by atoms with van der Waals surface area (Å²) in [6, 6.07) is 12.0. The Balaban J connectivity index is 0. The highest BCUT2D eigenvalue weighted by Gasteiger charge is 1.78. The van der Waals surface area contributed by atoms with Gasteiger partial charge in [-0.3, -0.25) is 0 Å². The number of benzene rings is 1. The van der Waals surface area contributed by atoms with E-state index in [9.17, 15) is 0 Å². The lowest BCUT2D eigenvalue weighted by Crippen LogP contribution is -1.55. The highest BCUT2D eigenvalue weighted by atomic mass is 35.6. The van der Waals surface area contributed by atoms with Crippen molar-refractivity contribution >= 4 is 34.8 Å². The number of aliphatic hydroxyl groups is 1. The zero-order valence-electron chi connectivity index (χ0n) is 6.62. The van der Waals surface area contributed by atoms with E-state index in [4.69, 9.17) is 39.9 Å². The molecule has 12 heavy (non-hydrogen) atoms. The summed E-state index contributed by atoms with van der Waals surface area (Å²) in [7, 11) is 1.00. The van der Waals surface area contributed by atoms with Crippen LogP contribution in [-0.2, 0) is 0 Å². The van der Waals surface area contributed by atoms with Gasteiger partial charge in [0.25, 0.3) is 0 Å². The van der Waals surface area contributed by atoms with Gasteiger partial charge in [0.1, 0.15) is 0 Å². The molecule has 0 saturated carbocycles. The summed E-state index contributed by atoms with van der Waals surface area (Å²) in [5.41, 5.74) is 0. The molecule has 0 aliphatic rings. The Kier molecular flexibility index (Phi) is 16.5. The normalized spacial score (nSPS) is 7.50. The van der Waals surface area contributed by atoms with Crippen LogP contribution in [0, 0.1) is 0 Å². The quantitative estimate of drug-likeness (QED) is 0.677. The number of hydrogen-bond donors (Lipinski definition) is 1. The van der Waals surface area contributed by atoms with Crippen LogP contribution < -0.4 is 0 Å². The molecule has 0 spiro atoms. The van der Waals surface area contributed by atoms with Crippen molar-refractivity contribution < 1.29 is 5.11 Å². The highest BCUT2D eigenvalue weighted by molar-refractivity contribution is 6.63. The minimum absolute atomic E-state index is 0.750. The predicted molar refractivity (Wildman–Crippen MR) is 55.9 cm³/mol. The number of hydrogen-bond acceptors (Lipinski definition) is 1. The number of halogens is 3. The summed E-state index contributed by atoms with van der Waals surface area (Å²) in [6.07, 6.45) is 0. The van der Waals surface area contributed by atoms with Gasteiger partial charge in [0.05, 0.1) is 0 Å². The Morgan fingerprint density at radius 3 is 0.917 bits per heavy atom. The number of alkyl halides is 3. The van der Waals surface area contributed by atoms with Gasteiger partial charge < -0.3 is 5.11 Å². The molecule has 0 aliphatic heterocycles. The molecule has 70 valence electrons. The largest absolute Gasteiger partial charge is 0.400 e. The van der Waals surface area contributed by atoms with Crippen molar-refractivity contribution in [2.24, 2.45) is 0 Å². The molecule has 0 aliphatic carbocycles. The van der Waals surface area contributed by atoms with E-state index >= 15 is 0 Å². The topological polar surface area (TPSA) is 20.2 Å². The molecule has 0 amide bonds. The number of rotatable bonds is 0. The highest BCUT2D eigenvalue weighted by Crippen LogP contribution is 2.03. The van der Waals surface area contributed by atoms with Crippen molar-refractivity contribution in [1.82, 2.24) is 0 Å². The number of aliphatic hydroxyl groups excluding tert-OH is 1. The van der Waals surface area contributed by atoms with Crippen LogP contribution >= 0.6 is 34.8 Å². The molecule has 1 N–H and O–H groups in total. The van der Waals surface area contributed by atoms with Crippen LogP contribution in [0.1, 0.15) is 0 Å². The Morgan fingerprint density at radius 1 is 0.750 bits per heavy atom. The Bertz CT molecular complexity index is 115. The van der Waals surface area contributed by atoms with E-state index in [1.54, 1.807) is 0 Å². The minimum atomic E-state index is -0.750. The van der Waals surface area contributed by atoms with Crippen LogP contribution in [0.2, 0.25) is 0 Å². The summed E-state index contributed by atoms with van der Waals surface area (Å²) in [4.78, 5) is 0. The van der Waals surface area contributed by atoms with Gasteiger partial charge in [-0.2, -0.15) is 0 Å². The fraction of sp³-hybridized carbons (Fsp3) is 0.250. The van der Waals surface area contributed by atoms with E-state index in [0.29, 0.717) is 0 Å². The zero-order chi connectivity index (χ0) is 9.82. The van der Waals surface area contributed by atoms with Crippen LogP contribution in [0.15, 0.2) is 36.4 Å². The van der Waals surface area contributed by atoms with Crippen molar-refractivity contribution in [3.63, 3.8) is 0 Å². The smallest absolute Gasteiger partial charge is 0.180 e. The average molecular weight is 230 g/mol. The molecule has 0 unspecified atom stereocenters. The molecule has 1 nitrogen and oxygen atoms in total. The first-order chi connectivity index (χ1) is 5.73. The van der Waals surface area contributed by atoms with E-state index in [-0.39, 0.29) is 0 Å². The average Bonchev–Trinajstić information content (AvgIpc) is 2.10. The maximum Gasteiger partial charge on any atom is 0.180 e. The zero-order valence-corrected chi connectivity index (χ0v) is 8.89. The maximum absolute atomic E-state index is 7.00. The van der Waals surface area contributed by atoms with Crippen LogP contribution in [0.3, 0.4) is 0 Å². The summed E-state index contributed by atoms with van der Waals surface area (Å²) >= 11 is 14.4. The van der Waals surface area contributed by atoms with Crippen molar-refractivity contribution in [1.29, 1.82) is 0 Å². The van der Waals surface area contributed by atoms with E-state index in [2.05, 4.69) is 0 Å². The first-order valence-corrected chi connectivity index (χ1v) is 4.41. The fourth-order valence-corrected chi connectivity index (χ4v) is 0.385. The second kappa shape index (κ2) is 13.6. The molecule has 4 heteroatoms. The second-order valence-electron chi connectivity index (χ2n) is 1.40. The molecule has 0 radical (unpaired) electrons. The van der Waals surface area contributed by atoms with Crippen molar-refractivity contribution in [3.05, 3.63) is 36.4 Å². The lowest BCUT2D eigenvalue weighted by molar-refractivity contribution is 0.399. The summed E-state index contributed by atoms with van der Waals surface area (Å²) < 4.78 is -0.750. The lowest BCUT2D eigenvalue weighted by atomic mass is 10.4. The summed E-state index contributed by atoms with van der Waals surface area (Å²) in [5, 5.41) is 7.00. The van der Waals surface area contributed by atoms with E-state index in [1.165, 1.54) is 0 Å². The third kappa shape index (κ3) is 22.5. The van der Waals surface area contributed by atoms with Crippen molar-refractivity contribution in [2.45, 2.75) is 4.30 Å². The van der Waals surface area contributed by atoms with Gasteiger partial charge in [-0.05, 0) is 0 Å². The van der Waals surface area contributed by atoms with Crippen LogP contribution in [-0.4, -0.2) is 16.5 Å². The maximum atomic E-state index is 7.00. The first kappa shape index (κ1) is 14.6. The van der Waals surface area contributed by atoms with Gasteiger partial charge in [-0.15, -0.1) is 0 Å². The summed E-state index contributed by atoms with van der Waals surface area (Å²) in [5.74, 6) is 0. The van der Waals surface area contributed by atoms with E-state index in [0.717, 1.165) is 7.11 Å². The molecule has 1 aromatic carbocycles. The molecule has 0 atom stereocenters. The molecular formula is C8H11Cl3O. The van der Waals surface area contributed by atoms with Gasteiger partial charge in [-0.25, -0.2) is 0 Å². The predicted octanol–water partition coefficient (Wildman–Crippen LogP) is 3.28. The molecule has 0 heterocycles. The van der Waals surface area contributed by atoms with Gasteiger partial charge in [-0.1, -0.05) is 71.2 Å². The Labute approximate surface area is 87.9 Å². The Hall–Kier alpha value is 0.0500. The van der Waals surface area contributed by atoms with E-state index < -0.39 is 4.30 Å². The van der Waals surface area contributed by atoms with Gasteiger partial charge >= 0.3 is 0 Å². The SMILES string of the molecule is CO.ClC(Cl)Cl.c1ccccc1. The minimum Gasteiger partial charge on any atom is -0.400 e. The van der Waals surface area contributed by atoms with E-state index in [1.807, 2.05) is 36.4 Å². The van der Waals surface area contributed by atoms with Crippen molar-refractivity contribution in [3.8, 4) is 0 Å². The first-order valence-electron chi connectivity index (χ1n) is 3.10. The third-order valence-electron chi connectivity index (χ3n) is 0.667. The molecule has 1 rings (SSSR count). The standard InChI is InChI=1S/C6H6.CHCl3.CH4O/c1-2-4-6-5-3-1;2-1(3)4;1-2/h1-6H;1H;2H,1H3. The molecular weight excluding hydrogens is 218 g/mol. The molecule has 0 fully saturated rings. The lowest BCUT2D eigenvalue weighted by Gasteiger charge is -1.69. The second-order valence-corrected chi connectivity index (χ2v) is 3.38. The van der Waals surface area contributed by atoms with Crippen LogP contribution in [0.5, 0.6) is 0 Å². The molecule has 0 saturated heterocycles. The van der Waals surface area contributed by atoms with Crippen molar-refractivity contribution in [2.75, 3.05) is 7.11 Å².